The van der Waals surface area contributed by atoms with Gasteiger partial charge in [0.2, 0.25) is 11.8 Å². The zero-order chi connectivity index (χ0) is 76.7. The molecule has 3 aromatic carbocycles. The molecule has 3 rings (SSSR count). The van der Waals surface area contributed by atoms with Crippen molar-refractivity contribution in [2.75, 3.05) is 128 Å². The summed E-state index contributed by atoms with van der Waals surface area (Å²) in [5, 5.41) is 188. The predicted octanol–water partition coefficient (Wildman–Crippen LogP) is -5.91. The minimum atomic E-state index is -1.63. The quantitative estimate of drug-likeness (QED) is 0.0190. The minimum absolute atomic E-state index is 0.00158. The highest BCUT2D eigenvalue weighted by Gasteiger charge is 2.38. The number of nitrogens with one attached hydrogen (secondary N) is 6. The molecule has 0 bridgehead atoms. The van der Waals surface area contributed by atoms with Crippen LogP contribution in [-0.4, -0.2) is 319 Å². The Bertz CT molecular complexity index is 3090. The lowest BCUT2D eigenvalue weighted by Gasteiger charge is -2.29. The molecule has 0 aliphatic heterocycles. The maximum Gasteiger partial charge on any atom is 0.253 e. The van der Waals surface area contributed by atoms with Gasteiger partial charge in [-0.1, -0.05) is 0 Å². The number of carbonyl (C=O) groups excluding carboxylic acids is 9. The first-order valence-electron chi connectivity index (χ1n) is 28.6. The summed E-state index contributed by atoms with van der Waals surface area (Å²) in [6.07, 6.45) is -9.90. The van der Waals surface area contributed by atoms with Gasteiger partial charge >= 0.3 is 0 Å². The van der Waals surface area contributed by atoms with Crippen molar-refractivity contribution in [2.45, 2.75) is 67.2 Å². The van der Waals surface area contributed by atoms with Crippen LogP contribution in [0, 0.1) is 32.1 Å². The van der Waals surface area contributed by atoms with Crippen LogP contribution in [0.3, 0.4) is 0 Å². The van der Waals surface area contributed by atoms with Crippen molar-refractivity contribution in [1.29, 1.82) is 0 Å². The summed E-state index contributed by atoms with van der Waals surface area (Å²) in [7, 11) is 2.42. The molecule has 0 radical (unpaired) electrons. The van der Waals surface area contributed by atoms with Crippen LogP contribution >= 0.6 is 203 Å². The number of aliphatic hydroxyl groups is 18. The van der Waals surface area contributed by atoms with E-state index in [1.807, 2.05) is 45.2 Å². The smallest absolute Gasteiger partial charge is 0.253 e. The van der Waals surface area contributed by atoms with E-state index in [2.05, 4.69) is 31.9 Å². The van der Waals surface area contributed by atoms with Crippen LogP contribution in [0.4, 0.5) is 17.1 Å². The first-order valence-corrected chi connectivity index (χ1v) is 38.3. The van der Waals surface area contributed by atoms with Gasteiger partial charge in [0.1, 0.15) is 13.0 Å². The highest BCUT2D eigenvalue weighted by Crippen LogP contribution is 2.42. The molecule has 0 spiro atoms. The summed E-state index contributed by atoms with van der Waals surface area (Å²) in [4.78, 5) is 125. The Morgan fingerprint density at radius 2 is 0.570 bits per heavy atom. The molecule has 3 aromatic rings. The van der Waals surface area contributed by atoms with Gasteiger partial charge in [0, 0.05) is 44.4 Å². The van der Waals surface area contributed by atoms with Crippen LogP contribution < -0.4 is 46.6 Å². The van der Waals surface area contributed by atoms with E-state index in [0.29, 0.717) is 0 Å². The normalized spacial score (nSPS) is 14.2. The Morgan fingerprint density at radius 3 is 0.780 bits per heavy atom. The van der Waals surface area contributed by atoms with Gasteiger partial charge in [0.15, 0.2) is 0 Å². The second-order valence-corrected chi connectivity index (χ2v) is 30.5. The molecule has 0 heterocycles. The Labute approximate surface area is 692 Å². The lowest BCUT2D eigenvalue weighted by Crippen LogP contribution is -2.49. The van der Waals surface area contributed by atoms with E-state index < -0.39 is 200 Å². The molecule has 562 valence electrons. The molecule has 24 N–H and O–H groups in total. The lowest BCUT2D eigenvalue weighted by atomic mass is 10.0. The molecule has 10 unspecified atom stereocenters. The Morgan fingerprint density at radius 1 is 0.330 bits per heavy atom. The van der Waals surface area contributed by atoms with E-state index in [4.69, 9.17) is 10.2 Å². The number of benzene rings is 3. The summed E-state index contributed by atoms with van der Waals surface area (Å²) >= 11 is 15.6. The number of rotatable bonds is 36. The van der Waals surface area contributed by atoms with Crippen LogP contribution in [0.2, 0.25) is 0 Å². The Kier molecular flexibility index (Phi) is 43.8. The third-order valence-corrected chi connectivity index (χ3v) is 23.6. The number of nitrogens with zero attached hydrogens (tertiary/aromatic N) is 3. The van der Waals surface area contributed by atoms with Crippen LogP contribution in [0.15, 0.2) is 0 Å². The molecule has 0 aliphatic rings. The van der Waals surface area contributed by atoms with Gasteiger partial charge < -0.3 is 139 Å². The standard InChI is InChI=1S/C37H48I6N6O18.C18H24I3N3O9/c1-48(32-28(40)22(34(64)44-12(4-50)16(58)8-54)26(38)23(29(32)41)35(65)45-13(5-51)17(59)9-55)20(62)3-21(63)49(2)33-30(42)24(36(66)46-14(6-52)18(60)10-56)27(39)25(31(33)43)37(67)47-15(7-53)19(61)11-57;19-13-11(17(32)22-3-8(29)5-26)14(20)16(24(1-2-25)10(31)7-28)15(21)12(13)18(33)23-4-9(30)6-27/h12-19,50-61H,3-11H2,1-2H3,(H,44,64)(H,45,65)(H,46,66)(H,47,67);8-9,25-30H,1-7H2,(H,22,32)(H,23,33). The topological polar surface area (TPSA) is 600 Å². The van der Waals surface area contributed by atoms with Crippen LogP contribution in [0.5, 0.6) is 0 Å². The van der Waals surface area contributed by atoms with E-state index in [1.165, 1.54) is 14.1 Å². The second kappa shape index (κ2) is 46.2. The minimum Gasteiger partial charge on any atom is -0.395 e. The lowest BCUT2D eigenvalue weighted by molar-refractivity contribution is -0.126. The van der Waals surface area contributed by atoms with Gasteiger partial charge in [-0.2, -0.15) is 0 Å². The zero-order valence-corrected chi connectivity index (χ0v) is 71.5. The fraction of sp³-hybridized carbons (Fsp3) is 0.509. The van der Waals surface area contributed by atoms with Gasteiger partial charge in [-0.15, -0.1) is 0 Å². The average molecular weight is 2430 g/mol. The number of carbonyl (C=O) groups is 9. The van der Waals surface area contributed by atoms with E-state index >= 15 is 0 Å². The third-order valence-electron chi connectivity index (χ3n) is 14.1. The molecular formula is C55H72I9N9O27. The largest absolute Gasteiger partial charge is 0.395 e. The van der Waals surface area contributed by atoms with Crippen molar-refractivity contribution in [3.63, 3.8) is 0 Å². The summed E-state index contributed by atoms with van der Waals surface area (Å²) in [6, 6.07) is -5.64. The van der Waals surface area contributed by atoms with Crippen molar-refractivity contribution in [3.05, 3.63) is 65.5 Å². The van der Waals surface area contributed by atoms with Crippen molar-refractivity contribution in [1.82, 2.24) is 31.9 Å². The highest BCUT2D eigenvalue weighted by molar-refractivity contribution is 14.1. The first kappa shape index (κ1) is 94.8. The molecule has 100 heavy (non-hydrogen) atoms. The molecule has 0 aliphatic carbocycles. The van der Waals surface area contributed by atoms with E-state index in [9.17, 15) is 125 Å². The SMILES string of the molecule is CN(C(=O)CC(=O)N(C)c1c(I)c(C(=O)NC(CO)C(O)CO)c(I)c(C(=O)NC(CO)C(O)CO)c1I)c1c(I)c(C(=O)NC(CO)C(O)CO)c(I)c(C(=O)NC(CO)C(O)CO)c1I.O=C(NCC(O)CO)c1c(I)c(C(=O)NCC(O)CO)c(I)c(N(CCO)C(=O)CO)c1I. The molecule has 0 saturated carbocycles. The second-order valence-electron chi connectivity index (χ2n) is 20.8. The molecular weight excluding hydrogens is 2360 g/mol. The van der Waals surface area contributed by atoms with Crippen molar-refractivity contribution >= 4 is 274 Å². The highest BCUT2D eigenvalue weighted by atomic mass is 127. The molecule has 45 heteroatoms. The monoisotopic (exact) mass is 2430 g/mol. The number of hydrogen-bond acceptors (Lipinski definition) is 27. The fourth-order valence-corrected chi connectivity index (χ4v) is 22.9. The molecule has 10 atom stereocenters. The summed E-state index contributed by atoms with van der Waals surface area (Å²) in [5.41, 5.74) is -1.23. The van der Waals surface area contributed by atoms with Crippen molar-refractivity contribution in [3.8, 4) is 0 Å². The third kappa shape index (κ3) is 24.6. The van der Waals surface area contributed by atoms with Crippen LogP contribution in [-0.2, 0) is 14.4 Å². The maximum atomic E-state index is 14.2. The molecule has 0 aromatic heterocycles. The van der Waals surface area contributed by atoms with Gasteiger partial charge in [-0.25, -0.2) is 0 Å². The maximum absolute atomic E-state index is 14.2. The number of halogens is 9. The molecule has 9 amide bonds. The number of hydrogen-bond donors (Lipinski definition) is 24. The van der Waals surface area contributed by atoms with Crippen molar-refractivity contribution in [2.24, 2.45) is 0 Å². The number of amides is 9. The first-order chi connectivity index (χ1) is 46.9. The van der Waals surface area contributed by atoms with E-state index in [0.717, 1.165) is 14.7 Å². The Balaban J connectivity index is 0.000000860. The number of anilines is 3. The van der Waals surface area contributed by atoms with Gasteiger partial charge in [-0.3, -0.25) is 43.2 Å². The molecule has 36 nitrogen and oxygen atoms in total. The predicted molar refractivity (Wildman–Crippen MR) is 428 cm³/mol. The van der Waals surface area contributed by atoms with Crippen molar-refractivity contribution < 1.29 is 135 Å². The summed E-state index contributed by atoms with van der Waals surface area (Å²) in [5.74, 6) is -8.05. The molecule has 0 fully saturated rings. The van der Waals surface area contributed by atoms with Gasteiger partial charge in [0.25, 0.3) is 41.4 Å². The summed E-state index contributed by atoms with van der Waals surface area (Å²) in [6.45, 7) is -10.0. The zero-order valence-electron chi connectivity index (χ0n) is 52.1. The van der Waals surface area contributed by atoms with Gasteiger partial charge in [-0.05, 0) is 203 Å². The van der Waals surface area contributed by atoms with Crippen LogP contribution in [0.25, 0.3) is 0 Å². The van der Waals surface area contributed by atoms with E-state index in [-0.39, 0.29) is 102 Å². The fourth-order valence-electron chi connectivity index (χ4n) is 8.39. The Hall–Kier alpha value is -1.26. The summed E-state index contributed by atoms with van der Waals surface area (Å²) < 4.78 is 0.633. The van der Waals surface area contributed by atoms with Gasteiger partial charge in [0.05, 0.1) is 205 Å². The average Bonchev–Trinajstić information content (AvgIpc) is 0.769. The molecule has 0 saturated heterocycles. The number of aliphatic hydroxyl groups excluding tert-OH is 18. The van der Waals surface area contributed by atoms with E-state index in [1.54, 1.807) is 158 Å². The van der Waals surface area contributed by atoms with Crippen LogP contribution in [0.1, 0.15) is 68.6 Å².